The molecule has 3 heterocycles. The second-order valence-corrected chi connectivity index (χ2v) is 8.18. The van der Waals surface area contributed by atoms with Gasteiger partial charge < -0.3 is 4.98 Å². The van der Waals surface area contributed by atoms with Crippen molar-refractivity contribution in [2.75, 3.05) is 0 Å². The third kappa shape index (κ3) is 2.52. The molecule has 32 heavy (non-hydrogen) atoms. The summed E-state index contributed by atoms with van der Waals surface area (Å²) in [5, 5.41) is 10.0. The van der Waals surface area contributed by atoms with E-state index in [1.165, 1.54) is 6.07 Å². The van der Waals surface area contributed by atoms with Crippen molar-refractivity contribution in [3.63, 3.8) is 0 Å². The van der Waals surface area contributed by atoms with Gasteiger partial charge in [0.25, 0.3) is 0 Å². The van der Waals surface area contributed by atoms with E-state index in [-0.39, 0.29) is 5.82 Å². The highest BCUT2D eigenvalue weighted by atomic mass is 19.1. The Morgan fingerprint density at radius 3 is 2.44 bits per heavy atom. The van der Waals surface area contributed by atoms with Crippen LogP contribution in [0.1, 0.15) is 35.3 Å². The lowest BCUT2D eigenvalue weighted by atomic mass is 9.90. The van der Waals surface area contributed by atoms with Crippen LogP contribution in [0.25, 0.3) is 16.6 Å². The lowest BCUT2D eigenvalue weighted by Gasteiger charge is -2.24. The Morgan fingerprint density at radius 1 is 0.875 bits per heavy atom. The second-order valence-electron chi connectivity index (χ2n) is 8.18. The van der Waals surface area contributed by atoms with Gasteiger partial charge in [-0.3, -0.25) is 9.56 Å². The first-order chi connectivity index (χ1) is 15.6. The molecule has 1 N–H and O–H groups in total. The molecule has 6 rings (SSSR count). The number of nitrogens with zero attached hydrogens (tertiary/aromatic N) is 4. The van der Waals surface area contributed by atoms with Crippen molar-refractivity contribution in [2.45, 2.75) is 19.4 Å². The fourth-order valence-corrected chi connectivity index (χ4v) is 4.68. The molecule has 6 heteroatoms. The fraction of sp³-hybridized carbons (Fsp3) is 0.115. The lowest BCUT2D eigenvalue weighted by molar-refractivity contribution is 0.555. The minimum Gasteiger partial charge on any atom is -0.361 e. The Balaban J connectivity index is 1.76. The van der Waals surface area contributed by atoms with Crippen LogP contribution in [-0.4, -0.2) is 25.5 Å². The van der Waals surface area contributed by atoms with E-state index in [4.69, 9.17) is 4.99 Å². The van der Waals surface area contributed by atoms with Crippen LogP contribution in [-0.2, 0) is 5.54 Å². The third-order valence-electron chi connectivity index (χ3n) is 6.24. The molecule has 0 unspecified atom stereocenters. The van der Waals surface area contributed by atoms with Crippen LogP contribution in [0, 0.1) is 12.7 Å². The highest BCUT2D eigenvalue weighted by molar-refractivity contribution is 6.15. The Labute approximate surface area is 184 Å². The van der Waals surface area contributed by atoms with E-state index >= 15 is 4.39 Å². The molecule has 2 aromatic heterocycles. The number of nitrogens with one attached hydrogen (secondary N) is 1. The number of aromatic nitrogens is 4. The molecule has 0 spiro atoms. The average molecular weight is 421 g/mol. The molecule has 0 radical (unpaired) electrons. The van der Waals surface area contributed by atoms with Gasteiger partial charge in [0.1, 0.15) is 17.2 Å². The van der Waals surface area contributed by atoms with Crippen molar-refractivity contribution < 1.29 is 4.39 Å². The van der Waals surface area contributed by atoms with Crippen molar-refractivity contribution in [1.82, 2.24) is 19.7 Å². The van der Waals surface area contributed by atoms with Crippen LogP contribution >= 0.6 is 0 Å². The first-order valence-corrected chi connectivity index (χ1v) is 10.5. The van der Waals surface area contributed by atoms with Gasteiger partial charge in [-0.2, -0.15) is 0 Å². The maximum atomic E-state index is 15.1. The van der Waals surface area contributed by atoms with Gasteiger partial charge in [0.15, 0.2) is 5.82 Å². The highest BCUT2D eigenvalue weighted by Gasteiger charge is 2.40. The van der Waals surface area contributed by atoms with Gasteiger partial charge >= 0.3 is 0 Å². The number of fused-ring (bicyclic) bond motifs is 4. The van der Waals surface area contributed by atoms with Gasteiger partial charge in [-0.25, -0.2) is 4.39 Å². The number of para-hydroxylation sites is 2. The van der Waals surface area contributed by atoms with Crippen molar-refractivity contribution >= 4 is 16.6 Å². The van der Waals surface area contributed by atoms with E-state index < -0.39 is 5.54 Å². The van der Waals surface area contributed by atoms with E-state index in [9.17, 15) is 0 Å². The second kappa shape index (κ2) is 6.72. The largest absolute Gasteiger partial charge is 0.361 e. The number of halogens is 1. The molecule has 156 valence electrons. The summed E-state index contributed by atoms with van der Waals surface area (Å²) in [6.07, 6.45) is 1.97. The SMILES string of the molecule is Cc1nnc2n1-c1ccccc1C(c1ccccc1F)=N[C@]2(C)c1c[nH]c2ccccc12. The molecule has 0 aliphatic carbocycles. The number of aromatic amines is 1. The summed E-state index contributed by atoms with van der Waals surface area (Å²) >= 11 is 0. The summed E-state index contributed by atoms with van der Waals surface area (Å²) in [5.74, 6) is 1.14. The molecule has 1 aliphatic rings. The molecule has 0 bridgehead atoms. The Morgan fingerprint density at radius 2 is 1.59 bits per heavy atom. The van der Waals surface area contributed by atoms with Gasteiger partial charge in [0.05, 0.1) is 11.4 Å². The average Bonchev–Trinajstić information content (AvgIpc) is 3.40. The number of benzene rings is 3. The molecule has 0 amide bonds. The quantitative estimate of drug-likeness (QED) is 0.420. The minimum atomic E-state index is -0.905. The summed E-state index contributed by atoms with van der Waals surface area (Å²) in [6.45, 7) is 3.95. The molecular weight excluding hydrogens is 401 g/mol. The van der Waals surface area contributed by atoms with Crippen molar-refractivity contribution in [3.8, 4) is 5.69 Å². The van der Waals surface area contributed by atoms with Crippen molar-refractivity contribution in [2.24, 2.45) is 4.99 Å². The predicted molar refractivity (Wildman–Crippen MR) is 123 cm³/mol. The van der Waals surface area contributed by atoms with Crippen LogP contribution < -0.4 is 0 Å². The zero-order chi connectivity index (χ0) is 21.9. The maximum absolute atomic E-state index is 15.1. The standard InChI is InChI=1S/C26H20FN5/c1-16-30-31-25-26(2,20-15-28-22-13-7-4-9-17(20)22)29-24(18-10-3-6-12-21(18)27)19-11-5-8-14-23(19)32(16)25/h3-15,28H,1-2H3/t26-/m1/s1. The van der Waals surface area contributed by atoms with Gasteiger partial charge in [-0.15, -0.1) is 10.2 Å². The zero-order valence-corrected chi connectivity index (χ0v) is 17.7. The molecule has 1 aliphatic heterocycles. The highest BCUT2D eigenvalue weighted by Crippen LogP contribution is 2.41. The number of aryl methyl sites for hydroxylation is 1. The number of hydrogen-bond donors (Lipinski definition) is 1. The molecule has 1 atom stereocenters. The first-order valence-electron chi connectivity index (χ1n) is 10.5. The number of H-pyrrole nitrogens is 1. The number of rotatable bonds is 2. The topological polar surface area (TPSA) is 58.9 Å². The summed E-state index contributed by atoms with van der Waals surface area (Å²) in [5.41, 5.74) is 3.84. The summed E-state index contributed by atoms with van der Waals surface area (Å²) in [7, 11) is 0. The monoisotopic (exact) mass is 421 g/mol. The molecule has 3 aromatic carbocycles. The van der Waals surface area contributed by atoms with E-state index in [1.54, 1.807) is 12.1 Å². The molecule has 5 nitrogen and oxygen atoms in total. The molecule has 5 aromatic rings. The molecule has 0 fully saturated rings. The Hall–Kier alpha value is -4.06. The van der Waals surface area contributed by atoms with Crippen molar-refractivity contribution in [3.05, 3.63) is 113 Å². The van der Waals surface area contributed by atoms with Gasteiger partial charge in [0.2, 0.25) is 0 Å². The van der Waals surface area contributed by atoms with Crippen LogP contribution in [0.15, 0.2) is 84.0 Å². The minimum absolute atomic E-state index is 0.309. The van der Waals surface area contributed by atoms with E-state index in [0.29, 0.717) is 17.1 Å². The summed E-state index contributed by atoms with van der Waals surface area (Å²) in [6, 6.07) is 22.8. The fourth-order valence-electron chi connectivity index (χ4n) is 4.68. The van der Waals surface area contributed by atoms with Crippen LogP contribution in [0.5, 0.6) is 0 Å². The van der Waals surface area contributed by atoms with Gasteiger partial charge in [-0.1, -0.05) is 48.5 Å². The predicted octanol–water partition coefficient (Wildman–Crippen LogP) is 5.31. The normalized spacial score (nSPS) is 17.5. The zero-order valence-electron chi connectivity index (χ0n) is 17.7. The summed E-state index contributed by atoms with van der Waals surface area (Å²) in [4.78, 5) is 8.62. The van der Waals surface area contributed by atoms with Gasteiger partial charge in [0, 0.05) is 33.8 Å². The molecular formula is C26H20FN5. The first kappa shape index (κ1) is 18.7. The van der Waals surface area contributed by atoms with Crippen LogP contribution in [0.3, 0.4) is 0 Å². The third-order valence-corrected chi connectivity index (χ3v) is 6.24. The number of hydrogen-bond acceptors (Lipinski definition) is 3. The summed E-state index contributed by atoms with van der Waals surface area (Å²) < 4.78 is 17.1. The van der Waals surface area contributed by atoms with Gasteiger partial charge in [-0.05, 0) is 38.1 Å². The van der Waals surface area contributed by atoms with E-state index in [0.717, 1.165) is 33.5 Å². The molecule has 0 saturated carbocycles. The van der Waals surface area contributed by atoms with Crippen molar-refractivity contribution in [1.29, 1.82) is 0 Å². The maximum Gasteiger partial charge on any atom is 0.170 e. The number of aliphatic imine (C=N–C) groups is 1. The molecule has 0 saturated heterocycles. The van der Waals surface area contributed by atoms with Crippen LogP contribution in [0.2, 0.25) is 0 Å². The lowest BCUT2D eigenvalue weighted by Crippen LogP contribution is -2.26. The Kier molecular flexibility index (Phi) is 3.92. The van der Waals surface area contributed by atoms with Crippen LogP contribution in [0.4, 0.5) is 4.39 Å². The van der Waals surface area contributed by atoms with E-state index in [1.807, 2.05) is 73.1 Å². The smallest absolute Gasteiger partial charge is 0.170 e. The Bertz CT molecular complexity index is 1530. The van der Waals surface area contributed by atoms with E-state index in [2.05, 4.69) is 21.2 Å².